The van der Waals surface area contributed by atoms with Crippen LogP contribution in [0.4, 0.5) is 11.4 Å². The first kappa shape index (κ1) is 19.3. The normalized spacial score (nSPS) is 10.2. The SMILES string of the molecule is CCCC(=O)Nc1ccccc1NC(=O)COc1ccc(Cl)cc1Br. The van der Waals surface area contributed by atoms with Gasteiger partial charge in [-0.05, 0) is 52.7 Å². The number of amides is 2. The molecule has 2 aromatic carbocycles. The van der Waals surface area contributed by atoms with Gasteiger partial charge in [0.1, 0.15) is 5.75 Å². The Labute approximate surface area is 159 Å². The summed E-state index contributed by atoms with van der Waals surface area (Å²) in [5, 5.41) is 6.10. The molecule has 0 atom stereocenters. The predicted molar refractivity (Wildman–Crippen MR) is 103 cm³/mol. The van der Waals surface area contributed by atoms with Crippen LogP contribution in [0.2, 0.25) is 5.02 Å². The van der Waals surface area contributed by atoms with Gasteiger partial charge in [0.05, 0.1) is 15.8 Å². The number of anilines is 2. The van der Waals surface area contributed by atoms with Gasteiger partial charge in [-0.2, -0.15) is 0 Å². The molecule has 2 N–H and O–H groups in total. The minimum absolute atomic E-state index is 0.0921. The van der Waals surface area contributed by atoms with E-state index < -0.39 is 0 Å². The molecule has 2 rings (SSSR count). The van der Waals surface area contributed by atoms with E-state index in [1.165, 1.54) is 0 Å². The van der Waals surface area contributed by atoms with Crippen LogP contribution in [0.3, 0.4) is 0 Å². The van der Waals surface area contributed by atoms with Crippen LogP contribution in [0, 0.1) is 0 Å². The molecular formula is C18H18BrClN2O3. The Morgan fingerprint density at radius 1 is 1.08 bits per heavy atom. The van der Waals surface area contributed by atoms with Crippen molar-refractivity contribution in [3.05, 3.63) is 52.0 Å². The van der Waals surface area contributed by atoms with Crippen molar-refractivity contribution in [3.8, 4) is 5.75 Å². The number of para-hydroxylation sites is 2. The maximum atomic E-state index is 12.1. The molecule has 0 saturated carbocycles. The first-order valence-corrected chi connectivity index (χ1v) is 8.93. The van der Waals surface area contributed by atoms with Crippen molar-refractivity contribution in [1.82, 2.24) is 0 Å². The molecular weight excluding hydrogens is 408 g/mol. The second-order valence-corrected chi connectivity index (χ2v) is 6.55. The van der Waals surface area contributed by atoms with Crippen molar-refractivity contribution >= 4 is 50.7 Å². The molecule has 0 aliphatic heterocycles. The number of carbonyl (C=O) groups is 2. The van der Waals surface area contributed by atoms with Crippen LogP contribution >= 0.6 is 27.5 Å². The smallest absolute Gasteiger partial charge is 0.262 e. The van der Waals surface area contributed by atoms with Crippen molar-refractivity contribution in [1.29, 1.82) is 0 Å². The quantitative estimate of drug-likeness (QED) is 0.666. The summed E-state index contributed by atoms with van der Waals surface area (Å²) in [6, 6.07) is 12.1. The lowest BCUT2D eigenvalue weighted by molar-refractivity contribution is -0.118. The molecule has 0 aliphatic rings. The van der Waals surface area contributed by atoms with Gasteiger partial charge in [0.15, 0.2) is 6.61 Å². The van der Waals surface area contributed by atoms with Crippen LogP contribution in [0.15, 0.2) is 46.9 Å². The minimum Gasteiger partial charge on any atom is -0.483 e. The van der Waals surface area contributed by atoms with Crippen molar-refractivity contribution in [2.24, 2.45) is 0 Å². The zero-order chi connectivity index (χ0) is 18.2. The summed E-state index contributed by atoms with van der Waals surface area (Å²) in [4.78, 5) is 23.9. The molecule has 0 spiro atoms. The third-order valence-electron chi connectivity index (χ3n) is 3.20. The largest absolute Gasteiger partial charge is 0.483 e. The van der Waals surface area contributed by atoms with Crippen molar-refractivity contribution < 1.29 is 14.3 Å². The van der Waals surface area contributed by atoms with Gasteiger partial charge in [0.2, 0.25) is 5.91 Å². The Morgan fingerprint density at radius 2 is 1.72 bits per heavy atom. The van der Waals surface area contributed by atoms with E-state index in [1.54, 1.807) is 42.5 Å². The third kappa shape index (κ3) is 6.07. The molecule has 0 fully saturated rings. The highest BCUT2D eigenvalue weighted by Crippen LogP contribution is 2.28. The van der Waals surface area contributed by atoms with Gasteiger partial charge >= 0.3 is 0 Å². The molecule has 25 heavy (non-hydrogen) atoms. The summed E-state index contributed by atoms with van der Waals surface area (Å²) in [5.41, 5.74) is 1.08. The van der Waals surface area contributed by atoms with Crippen LogP contribution in [0.25, 0.3) is 0 Å². The third-order valence-corrected chi connectivity index (χ3v) is 4.06. The second kappa shape index (κ2) is 9.44. The zero-order valence-electron chi connectivity index (χ0n) is 13.6. The number of halogens is 2. The monoisotopic (exact) mass is 424 g/mol. The molecule has 0 heterocycles. The predicted octanol–water partition coefficient (Wildman–Crippen LogP) is 4.86. The number of nitrogens with one attached hydrogen (secondary N) is 2. The first-order valence-electron chi connectivity index (χ1n) is 7.76. The van der Waals surface area contributed by atoms with Gasteiger partial charge < -0.3 is 15.4 Å². The second-order valence-electron chi connectivity index (χ2n) is 5.26. The van der Waals surface area contributed by atoms with Crippen LogP contribution in [0.1, 0.15) is 19.8 Å². The number of ether oxygens (including phenoxy) is 1. The molecule has 0 bridgehead atoms. The molecule has 0 unspecified atom stereocenters. The Kier molecular flexibility index (Phi) is 7.28. The van der Waals surface area contributed by atoms with Crippen LogP contribution in [-0.2, 0) is 9.59 Å². The van der Waals surface area contributed by atoms with Gasteiger partial charge in [-0.1, -0.05) is 30.7 Å². The van der Waals surface area contributed by atoms with E-state index in [0.29, 0.717) is 33.0 Å². The lowest BCUT2D eigenvalue weighted by Crippen LogP contribution is -2.21. The van der Waals surface area contributed by atoms with Gasteiger partial charge in [0.25, 0.3) is 5.91 Å². The van der Waals surface area contributed by atoms with Crippen LogP contribution in [0.5, 0.6) is 5.75 Å². The van der Waals surface area contributed by atoms with Crippen molar-refractivity contribution in [3.63, 3.8) is 0 Å². The standard InChI is InChI=1S/C18H18BrClN2O3/c1-2-5-17(23)21-14-6-3-4-7-15(14)22-18(24)11-25-16-9-8-12(20)10-13(16)19/h3-4,6-10H,2,5,11H2,1H3,(H,21,23)(H,22,24). The lowest BCUT2D eigenvalue weighted by atomic mass is 10.2. The highest BCUT2D eigenvalue weighted by Gasteiger charge is 2.10. The first-order chi connectivity index (χ1) is 12.0. The summed E-state index contributed by atoms with van der Waals surface area (Å²) >= 11 is 9.20. The Balaban J connectivity index is 1.97. The average Bonchev–Trinajstić information content (AvgIpc) is 2.56. The Bertz CT molecular complexity index is 768. The molecule has 7 heteroatoms. The fraction of sp³-hybridized carbons (Fsp3) is 0.222. The maximum absolute atomic E-state index is 12.1. The summed E-state index contributed by atoms with van der Waals surface area (Å²) in [5.74, 6) is 0.0914. The van der Waals surface area contributed by atoms with E-state index in [4.69, 9.17) is 16.3 Å². The van der Waals surface area contributed by atoms with Gasteiger partial charge in [-0.15, -0.1) is 0 Å². The van der Waals surface area contributed by atoms with E-state index in [2.05, 4.69) is 26.6 Å². The number of rotatable bonds is 7. The highest BCUT2D eigenvalue weighted by molar-refractivity contribution is 9.10. The molecule has 2 aromatic rings. The summed E-state index contributed by atoms with van der Waals surface area (Å²) < 4.78 is 6.15. The van der Waals surface area contributed by atoms with E-state index in [9.17, 15) is 9.59 Å². The molecule has 0 aliphatic carbocycles. The minimum atomic E-state index is -0.334. The zero-order valence-corrected chi connectivity index (χ0v) is 16.0. The Morgan fingerprint density at radius 3 is 2.32 bits per heavy atom. The Hall–Kier alpha value is -2.05. The van der Waals surface area contributed by atoms with E-state index in [0.717, 1.165) is 6.42 Å². The van der Waals surface area contributed by atoms with E-state index >= 15 is 0 Å². The number of hydrogen-bond acceptors (Lipinski definition) is 3. The molecule has 5 nitrogen and oxygen atoms in total. The fourth-order valence-electron chi connectivity index (χ4n) is 2.06. The van der Waals surface area contributed by atoms with Gasteiger partial charge in [-0.3, -0.25) is 9.59 Å². The molecule has 0 radical (unpaired) electrons. The molecule has 0 aromatic heterocycles. The summed E-state index contributed by atoms with van der Waals surface area (Å²) in [7, 11) is 0. The van der Waals surface area contributed by atoms with E-state index in [1.807, 2.05) is 6.92 Å². The molecule has 0 saturated heterocycles. The molecule has 2 amide bonds. The number of carbonyl (C=O) groups excluding carboxylic acids is 2. The van der Waals surface area contributed by atoms with Gasteiger partial charge in [0, 0.05) is 11.4 Å². The number of benzene rings is 2. The van der Waals surface area contributed by atoms with Gasteiger partial charge in [-0.25, -0.2) is 0 Å². The number of hydrogen-bond donors (Lipinski definition) is 2. The van der Waals surface area contributed by atoms with Crippen LogP contribution in [-0.4, -0.2) is 18.4 Å². The average molecular weight is 426 g/mol. The maximum Gasteiger partial charge on any atom is 0.262 e. The topological polar surface area (TPSA) is 67.4 Å². The van der Waals surface area contributed by atoms with E-state index in [-0.39, 0.29) is 18.4 Å². The lowest BCUT2D eigenvalue weighted by Gasteiger charge is -2.13. The summed E-state index contributed by atoms with van der Waals surface area (Å²) in [6.07, 6.45) is 1.18. The summed E-state index contributed by atoms with van der Waals surface area (Å²) in [6.45, 7) is 1.76. The van der Waals surface area contributed by atoms with Crippen molar-refractivity contribution in [2.75, 3.05) is 17.2 Å². The van der Waals surface area contributed by atoms with Crippen LogP contribution < -0.4 is 15.4 Å². The molecule has 132 valence electrons. The fourth-order valence-corrected chi connectivity index (χ4v) is 2.86. The highest BCUT2D eigenvalue weighted by atomic mass is 79.9. The van der Waals surface area contributed by atoms with Crippen molar-refractivity contribution in [2.45, 2.75) is 19.8 Å².